The van der Waals surface area contributed by atoms with Gasteiger partial charge in [-0.05, 0) is 86.9 Å². The summed E-state index contributed by atoms with van der Waals surface area (Å²) in [5.74, 6) is 1.02. The lowest BCUT2D eigenvalue weighted by Gasteiger charge is -2.58. The Kier molecular flexibility index (Phi) is 5.19. The number of aliphatic carboxylic acids is 1. The van der Waals surface area contributed by atoms with E-state index < -0.39 is 5.97 Å². The normalized spacial score (nSPS) is 46.5. The second-order valence-electron chi connectivity index (χ2n) is 10.8. The summed E-state index contributed by atoms with van der Waals surface area (Å²) in [6.07, 6.45) is 8.65. The number of aliphatic hydroxyl groups excluding tert-OH is 2. The monoisotopic (exact) mass is 390 g/mol. The van der Waals surface area contributed by atoms with E-state index in [9.17, 15) is 15.0 Å². The summed E-state index contributed by atoms with van der Waals surface area (Å²) in [5, 5.41) is 30.7. The van der Waals surface area contributed by atoms with Crippen LogP contribution in [0.4, 0.5) is 0 Å². The fourth-order valence-electron chi connectivity index (χ4n) is 7.92. The highest BCUT2D eigenvalue weighted by Gasteiger charge is 2.58. The Bertz CT molecular complexity index is 670. The molecule has 4 nitrogen and oxygen atoms in total. The molecule has 0 radical (unpaired) electrons. The molecule has 3 saturated carbocycles. The molecule has 4 rings (SSSR count). The first kappa shape index (κ1) is 20.4. The summed E-state index contributed by atoms with van der Waals surface area (Å²) in [6.45, 7) is 6.88. The Morgan fingerprint density at radius 2 is 1.89 bits per heavy atom. The Labute approximate surface area is 169 Å². The van der Waals surface area contributed by atoms with E-state index >= 15 is 0 Å². The highest BCUT2D eigenvalue weighted by atomic mass is 16.4. The number of hydrogen-bond acceptors (Lipinski definition) is 3. The summed E-state index contributed by atoms with van der Waals surface area (Å²) in [6, 6.07) is 0. The van der Waals surface area contributed by atoms with Crippen LogP contribution in [0.3, 0.4) is 0 Å². The van der Waals surface area contributed by atoms with Crippen molar-refractivity contribution < 1.29 is 20.1 Å². The Morgan fingerprint density at radius 1 is 1.14 bits per heavy atom. The van der Waals surface area contributed by atoms with Crippen molar-refractivity contribution in [1.29, 1.82) is 0 Å². The van der Waals surface area contributed by atoms with Crippen LogP contribution in [-0.2, 0) is 4.79 Å². The van der Waals surface area contributed by atoms with E-state index in [1.165, 1.54) is 12.0 Å². The zero-order chi connectivity index (χ0) is 20.3. The van der Waals surface area contributed by atoms with Crippen LogP contribution in [0, 0.1) is 34.5 Å². The number of fused-ring (bicyclic) bond motifs is 4. The van der Waals surface area contributed by atoms with Crippen LogP contribution < -0.4 is 0 Å². The molecular formula is C24H38O4. The lowest BCUT2D eigenvalue weighted by molar-refractivity contribution is -0.137. The third-order valence-corrected chi connectivity index (χ3v) is 9.65. The maximum absolute atomic E-state index is 11.4. The Hall–Kier alpha value is -0.870. The minimum Gasteiger partial charge on any atom is -0.481 e. The predicted octanol–water partition coefficient (Wildman–Crippen LogP) is 4.54. The summed E-state index contributed by atoms with van der Waals surface area (Å²) in [7, 11) is 0. The highest BCUT2D eigenvalue weighted by molar-refractivity contribution is 5.66. The SMILES string of the molecule is C[C@H](CCC(=O)O)[C@@H]1CCC2=C3CC[C@@H]4C[C@H](O)CC[C@]4(C)[C@@H]3C[C@@H](O)[C@@]21C. The average Bonchev–Trinajstić information content (AvgIpc) is 3.00. The van der Waals surface area contributed by atoms with E-state index in [1.807, 2.05) is 0 Å². The van der Waals surface area contributed by atoms with Crippen LogP contribution in [-0.4, -0.2) is 33.5 Å². The van der Waals surface area contributed by atoms with Crippen LogP contribution in [0.2, 0.25) is 0 Å². The van der Waals surface area contributed by atoms with Gasteiger partial charge in [-0.25, -0.2) is 0 Å². The maximum Gasteiger partial charge on any atom is 0.303 e. The van der Waals surface area contributed by atoms with Gasteiger partial charge in [0.25, 0.3) is 0 Å². The molecule has 0 aromatic carbocycles. The Balaban J connectivity index is 1.64. The smallest absolute Gasteiger partial charge is 0.303 e. The minimum atomic E-state index is -0.719. The predicted molar refractivity (Wildman–Crippen MR) is 109 cm³/mol. The molecule has 0 aliphatic heterocycles. The molecular weight excluding hydrogens is 352 g/mol. The molecule has 8 atom stereocenters. The van der Waals surface area contributed by atoms with Gasteiger partial charge in [0.15, 0.2) is 0 Å². The lowest BCUT2D eigenvalue weighted by Crippen LogP contribution is -2.52. The minimum absolute atomic E-state index is 0.142. The second-order valence-corrected chi connectivity index (χ2v) is 10.8. The molecule has 4 heteroatoms. The zero-order valence-electron chi connectivity index (χ0n) is 17.8. The fraction of sp³-hybridized carbons (Fsp3) is 0.875. The molecule has 0 heterocycles. The molecule has 4 aliphatic rings. The van der Waals surface area contributed by atoms with Gasteiger partial charge in [-0.2, -0.15) is 0 Å². The maximum atomic E-state index is 11.4. The van der Waals surface area contributed by atoms with Crippen molar-refractivity contribution in [3.05, 3.63) is 11.1 Å². The fourth-order valence-corrected chi connectivity index (χ4v) is 7.92. The molecule has 28 heavy (non-hydrogen) atoms. The van der Waals surface area contributed by atoms with E-state index in [0.29, 0.717) is 30.1 Å². The number of hydrogen-bond donors (Lipinski definition) is 3. The van der Waals surface area contributed by atoms with Crippen molar-refractivity contribution in [3.63, 3.8) is 0 Å². The van der Waals surface area contributed by atoms with E-state index in [0.717, 1.165) is 44.9 Å². The molecule has 0 unspecified atom stereocenters. The topological polar surface area (TPSA) is 77.8 Å². The molecule has 3 fully saturated rings. The van der Waals surface area contributed by atoms with Crippen LogP contribution in [0.5, 0.6) is 0 Å². The van der Waals surface area contributed by atoms with Crippen LogP contribution in [0.25, 0.3) is 0 Å². The van der Waals surface area contributed by atoms with Crippen molar-refractivity contribution in [3.8, 4) is 0 Å². The van der Waals surface area contributed by atoms with Crippen molar-refractivity contribution >= 4 is 5.97 Å². The number of allylic oxidation sites excluding steroid dienone is 1. The quantitative estimate of drug-likeness (QED) is 0.616. The molecule has 0 aromatic rings. The van der Waals surface area contributed by atoms with Gasteiger partial charge < -0.3 is 15.3 Å². The molecule has 0 spiro atoms. The van der Waals surface area contributed by atoms with Gasteiger partial charge in [-0.1, -0.05) is 31.9 Å². The molecule has 4 aliphatic carbocycles. The van der Waals surface area contributed by atoms with Gasteiger partial charge in [0.2, 0.25) is 0 Å². The zero-order valence-corrected chi connectivity index (χ0v) is 17.8. The summed E-state index contributed by atoms with van der Waals surface area (Å²) < 4.78 is 0. The first-order chi connectivity index (χ1) is 13.2. The van der Waals surface area contributed by atoms with E-state index in [-0.39, 0.29) is 29.5 Å². The van der Waals surface area contributed by atoms with E-state index in [1.54, 1.807) is 5.57 Å². The van der Waals surface area contributed by atoms with Gasteiger partial charge in [0.1, 0.15) is 0 Å². The van der Waals surface area contributed by atoms with Gasteiger partial charge in [0.05, 0.1) is 12.2 Å². The summed E-state index contributed by atoms with van der Waals surface area (Å²) >= 11 is 0. The average molecular weight is 391 g/mol. The van der Waals surface area contributed by atoms with Gasteiger partial charge >= 0.3 is 5.97 Å². The summed E-state index contributed by atoms with van der Waals surface area (Å²) in [4.78, 5) is 11.0. The summed E-state index contributed by atoms with van der Waals surface area (Å²) in [5.41, 5.74) is 3.20. The Morgan fingerprint density at radius 3 is 2.61 bits per heavy atom. The molecule has 158 valence electrons. The van der Waals surface area contributed by atoms with E-state index in [4.69, 9.17) is 5.11 Å². The van der Waals surface area contributed by atoms with Gasteiger partial charge in [0, 0.05) is 11.8 Å². The number of carbonyl (C=O) groups is 1. The van der Waals surface area contributed by atoms with Crippen molar-refractivity contribution in [1.82, 2.24) is 0 Å². The van der Waals surface area contributed by atoms with E-state index in [2.05, 4.69) is 20.8 Å². The third-order valence-electron chi connectivity index (χ3n) is 9.65. The van der Waals surface area contributed by atoms with Gasteiger partial charge in [-0.15, -0.1) is 0 Å². The molecule has 0 bridgehead atoms. The lowest BCUT2D eigenvalue weighted by atomic mass is 9.48. The largest absolute Gasteiger partial charge is 0.481 e. The van der Waals surface area contributed by atoms with Crippen molar-refractivity contribution in [2.75, 3.05) is 0 Å². The van der Waals surface area contributed by atoms with Gasteiger partial charge in [-0.3, -0.25) is 4.79 Å². The van der Waals surface area contributed by atoms with Crippen molar-refractivity contribution in [2.45, 2.75) is 97.2 Å². The number of rotatable bonds is 4. The molecule has 0 aromatic heterocycles. The van der Waals surface area contributed by atoms with Crippen LogP contribution in [0.1, 0.15) is 85.0 Å². The first-order valence-corrected chi connectivity index (χ1v) is 11.5. The number of carboxylic acid groups (broad SMARTS) is 1. The number of aliphatic hydroxyl groups is 2. The molecule has 3 N–H and O–H groups in total. The third kappa shape index (κ3) is 2.98. The van der Waals surface area contributed by atoms with Crippen LogP contribution in [0.15, 0.2) is 11.1 Å². The standard InChI is InChI=1S/C24H38O4/c1-14(4-9-22(27)28)18-7-8-19-17-6-5-15-12-16(25)10-11-23(15,2)20(17)13-21(26)24(18,19)3/h14-16,18,20-21,25-26H,4-13H2,1-3H3,(H,27,28)/t14-,15-,16-,18+,20-,21-,23+,24-/m1/s1. The van der Waals surface area contributed by atoms with Crippen LogP contribution >= 0.6 is 0 Å². The number of carboxylic acids is 1. The first-order valence-electron chi connectivity index (χ1n) is 11.5. The van der Waals surface area contributed by atoms with Crippen molar-refractivity contribution in [2.24, 2.45) is 34.5 Å². The second kappa shape index (κ2) is 7.12. The molecule has 0 amide bonds. The molecule has 0 saturated heterocycles. The highest BCUT2D eigenvalue weighted by Crippen LogP contribution is 2.65.